The summed E-state index contributed by atoms with van der Waals surface area (Å²) < 4.78 is 58.3. The van der Waals surface area contributed by atoms with Crippen LogP contribution in [0.2, 0.25) is 0 Å². The Labute approximate surface area is 227 Å². The van der Waals surface area contributed by atoms with E-state index in [-0.39, 0.29) is 5.82 Å². The normalized spacial score (nSPS) is 11.9. The number of carboxylic acid groups (broad SMARTS) is 1. The van der Waals surface area contributed by atoms with Gasteiger partial charge in [-0.1, -0.05) is 54.6 Å². The van der Waals surface area contributed by atoms with Crippen molar-refractivity contribution in [1.29, 1.82) is 0 Å². The summed E-state index contributed by atoms with van der Waals surface area (Å²) in [5.41, 5.74) is 3.72. The minimum atomic E-state index is -4.42. The molecule has 4 aromatic rings. The third kappa shape index (κ3) is 7.51. The highest BCUT2D eigenvalue weighted by Gasteiger charge is 2.30. The van der Waals surface area contributed by atoms with Crippen molar-refractivity contribution in [3.05, 3.63) is 125 Å². The van der Waals surface area contributed by atoms with Gasteiger partial charge in [-0.25, -0.2) is 9.18 Å². The van der Waals surface area contributed by atoms with E-state index in [1.54, 1.807) is 48.2 Å². The second-order valence-corrected chi connectivity index (χ2v) is 9.79. The molecule has 8 heteroatoms. The number of hydrogen-bond donors (Lipinski definition) is 1. The standard InChI is InChI=1S/C31H24F4O3S/c1-20-17-27(13-14-29(20)38-19-30(36)37)39-16-15-28(23-9-11-26(32)12-10-23)22-7-5-21(6-8-22)24-3-2-4-25(18-24)31(33,34)35/h2-15,17-18H,16,19H2,1H3,(H,36,37)/b28-15+. The fourth-order valence-electron chi connectivity index (χ4n) is 3.98. The number of hydrogen-bond acceptors (Lipinski definition) is 3. The van der Waals surface area contributed by atoms with Gasteiger partial charge < -0.3 is 9.84 Å². The molecule has 0 bridgehead atoms. The largest absolute Gasteiger partial charge is 0.482 e. The SMILES string of the molecule is Cc1cc(SC/C=C(/c2ccc(F)cc2)c2ccc(-c3cccc(C(F)(F)F)c3)cc2)ccc1OCC(=O)O. The number of carbonyl (C=O) groups is 1. The monoisotopic (exact) mass is 552 g/mol. The highest BCUT2D eigenvalue weighted by Crippen LogP contribution is 2.33. The average molecular weight is 553 g/mol. The first-order chi connectivity index (χ1) is 18.6. The quantitative estimate of drug-likeness (QED) is 0.167. The summed E-state index contributed by atoms with van der Waals surface area (Å²) in [7, 11) is 0. The first-order valence-electron chi connectivity index (χ1n) is 11.9. The van der Waals surface area contributed by atoms with Crippen molar-refractivity contribution < 1.29 is 32.2 Å². The topological polar surface area (TPSA) is 46.5 Å². The van der Waals surface area contributed by atoms with Crippen molar-refractivity contribution in [3.8, 4) is 16.9 Å². The van der Waals surface area contributed by atoms with E-state index in [4.69, 9.17) is 9.84 Å². The highest BCUT2D eigenvalue weighted by atomic mass is 32.2. The molecule has 0 saturated heterocycles. The van der Waals surface area contributed by atoms with Crippen LogP contribution in [0, 0.1) is 12.7 Å². The van der Waals surface area contributed by atoms with Crippen molar-refractivity contribution in [2.45, 2.75) is 18.0 Å². The van der Waals surface area contributed by atoms with Gasteiger partial charge in [-0.15, -0.1) is 11.8 Å². The van der Waals surface area contributed by atoms with Gasteiger partial charge in [-0.3, -0.25) is 0 Å². The zero-order valence-corrected chi connectivity index (χ0v) is 21.7. The van der Waals surface area contributed by atoms with E-state index in [0.717, 1.165) is 39.3 Å². The van der Waals surface area contributed by atoms with Crippen molar-refractivity contribution in [2.24, 2.45) is 0 Å². The van der Waals surface area contributed by atoms with Crippen molar-refractivity contribution in [3.63, 3.8) is 0 Å². The lowest BCUT2D eigenvalue weighted by molar-refractivity contribution is -0.139. The summed E-state index contributed by atoms with van der Waals surface area (Å²) in [6.45, 7) is 1.43. The van der Waals surface area contributed by atoms with Gasteiger partial charge in [0, 0.05) is 10.6 Å². The van der Waals surface area contributed by atoms with Crippen LogP contribution in [0.4, 0.5) is 17.6 Å². The Morgan fingerprint density at radius 2 is 1.56 bits per heavy atom. The molecule has 0 amide bonds. The van der Waals surface area contributed by atoms with Crippen molar-refractivity contribution >= 4 is 23.3 Å². The maximum Gasteiger partial charge on any atom is 0.416 e. The Bertz CT molecular complexity index is 1480. The second-order valence-electron chi connectivity index (χ2n) is 8.70. The van der Waals surface area contributed by atoms with Gasteiger partial charge in [0.1, 0.15) is 11.6 Å². The third-order valence-corrected chi connectivity index (χ3v) is 6.83. The number of benzene rings is 4. The van der Waals surface area contributed by atoms with Gasteiger partial charge in [0.15, 0.2) is 6.61 Å². The predicted molar refractivity (Wildman–Crippen MR) is 145 cm³/mol. The van der Waals surface area contributed by atoms with Gasteiger partial charge in [0.05, 0.1) is 5.56 Å². The van der Waals surface area contributed by atoms with Crippen LogP contribution in [0.3, 0.4) is 0 Å². The van der Waals surface area contributed by atoms with E-state index < -0.39 is 24.3 Å². The van der Waals surface area contributed by atoms with Crippen molar-refractivity contribution in [1.82, 2.24) is 0 Å². The molecule has 0 aliphatic heterocycles. The molecule has 4 aromatic carbocycles. The van der Waals surface area contributed by atoms with Gasteiger partial charge in [0.2, 0.25) is 0 Å². The fraction of sp³-hybridized carbons (Fsp3) is 0.129. The lowest BCUT2D eigenvalue weighted by Crippen LogP contribution is -2.09. The van der Waals surface area contributed by atoms with Gasteiger partial charge >= 0.3 is 12.1 Å². The number of thioether (sulfide) groups is 1. The molecule has 0 aromatic heterocycles. The molecule has 0 saturated carbocycles. The van der Waals surface area contributed by atoms with E-state index in [2.05, 4.69) is 0 Å². The zero-order valence-electron chi connectivity index (χ0n) is 20.8. The smallest absolute Gasteiger partial charge is 0.416 e. The molecule has 0 aliphatic carbocycles. The number of ether oxygens (including phenoxy) is 1. The molecule has 3 nitrogen and oxygen atoms in total. The minimum absolute atomic E-state index is 0.354. The number of carboxylic acids is 1. The summed E-state index contributed by atoms with van der Waals surface area (Å²) >= 11 is 1.56. The third-order valence-electron chi connectivity index (χ3n) is 5.91. The minimum Gasteiger partial charge on any atom is -0.482 e. The molecule has 200 valence electrons. The van der Waals surface area contributed by atoms with Gasteiger partial charge in [-0.05, 0) is 82.8 Å². The maximum atomic E-state index is 13.6. The summed E-state index contributed by atoms with van der Waals surface area (Å²) in [6.07, 6.45) is -2.40. The lowest BCUT2D eigenvalue weighted by Gasteiger charge is -2.12. The number of alkyl halides is 3. The first-order valence-corrected chi connectivity index (χ1v) is 12.9. The molecule has 0 fully saturated rings. The molecule has 0 aliphatic rings. The second kappa shape index (κ2) is 12.2. The fourth-order valence-corrected chi connectivity index (χ4v) is 4.85. The van der Waals surface area contributed by atoms with Crippen LogP contribution in [0.1, 0.15) is 22.3 Å². The molecule has 0 spiro atoms. The Morgan fingerprint density at radius 1 is 0.897 bits per heavy atom. The average Bonchev–Trinajstić information content (AvgIpc) is 2.91. The van der Waals surface area contributed by atoms with Crippen LogP contribution >= 0.6 is 11.8 Å². The van der Waals surface area contributed by atoms with Crippen LogP contribution in [0.25, 0.3) is 16.7 Å². The predicted octanol–water partition coefficient (Wildman–Crippen LogP) is 8.51. The van der Waals surface area contributed by atoms with Crippen LogP contribution in [-0.4, -0.2) is 23.4 Å². The number of rotatable bonds is 9. The van der Waals surface area contributed by atoms with Gasteiger partial charge in [-0.2, -0.15) is 13.2 Å². The Morgan fingerprint density at radius 3 is 2.18 bits per heavy atom. The molecule has 1 N–H and O–H groups in total. The molecular formula is C31H24F4O3S. The highest BCUT2D eigenvalue weighted by molar-refractivity contribution is 7.99. The molecule has 4 rings (SSSR count). The first kappa shape index (κ1) is 28.0. The van der Waals surface area contributed by atoms with E-state index >= 15 is 0 Å². The molecule has 0 atom stereocenters. The number of aryl methyl sites for hydroxylation is 1. The van der Waals surface area contributed by atoms with Gasteiger partial charge in [0.25, 0.3) is 0 Å². The Kier molecular flexibility index (Phi) is 8.76. The van der Waals surface area contributed by atoms with E-state index in [1.165, 1.54) is 18.2 Å². The summed E-state index contributed by atoms with van der Waals surface area (Å²) in [5, 5.41) is 8.81. The van der Waals surface area contributed by atoms with Crippen LogP contribution in [0.15, 0.2) is 102 Å². The molecular weight excluding hydrogens is 528 g/mol. The van der Waals surface area contributed by atoms with Crippen molar-refractivity contribution in [2.75, 3.05) is 12.4 Å². The molecule has 0 unspecified atom stereocenters. The van der Waals surface area contributed by atoms with Crippen LogP contribution in [0.5, 0.6) is 5.75 Å². The molecule has 0 radical (unpaired) electrons. The summed E-state index contributed by atoms with van der Waals surface area (Å²) in [5.74, 6) is -0.316. The summed E-state index contributed by atoms with van der Waals surface area (Å²) in [6, 6.07) is 24.1. The zero-order chi connectivity index (χ0) is 28.0. The van der Waals surface area contributed by atoms with E-state index in [1.807, 2.05) is 37.3 Å². The maximum absolute atomic E-state index is 13.6. The van der Waals surface area contributed by atoms with E-state index in [0.29, 0.717) is 22.6 Å². The number of halogens is 4. The summed E-state index contributed by atoms with van der Waals surface area (Å²) in [4.78, 5) is 11.7. The molecule has 0 heterocycles. The van der Waals surface area contributed by atoms with Crippen LogP contribution < -0.4 is 4.74 Å². The lowest BCUT2D eigenvalue weighted by atomic mass is 9.95. The Balaban J connectivity index is 1.57. The Hall–Kier alpha value is -4.04. The molecule has 39 heavy (non-hydrogen) atoms. The van der Waals surface area contributed by atoms with E-state index in [9.17, 15) is 22.4 Å². The number of aliphatic carboxylic acids is 1. The van der Waals surface area contributed by atoms with Crippen LogP contribution in [-0.2, 0) is 11.0 Å².